The van der Waals surface area contributed by atoms with Crippen LogP contribution >= 0.6 is 27.3 Å². The maximum absolute atomic E-state index is 4.38. The normalized spacial score (nSPS) is 11.0. The van der Waals surface area contributed by atoms with Gasteiger partial charge in [0, 0.05) is 15.6 Å². The highest BCUT2D eigenvalue weighted by Crippen LogP contribution is 2.33. The van der Waals surface area contributed by atoms with Gasteiger partial charge in [-0.1, -0.05) is 102 Å². The lowest BCUT2D eigenvalue weighted by molar-refractivity contribution is 0.632. The lowest BCUT2D eigenvalue weighted by Crippen LogP contribution is -1.86. The van der Waals surface area contributed by atoms with Crippen LogP contribution in [0.2, 0.25) is 0 Å². The van der Waals surface area contributed by atoms with Crippen LogP contribution in [0.3, 0.4) is 0 Å². The number of aryl methyl sites for hydroxylation is 1. The first kappa shape index (κ1) is 18.3. The van der Waals surface area contributed by atoms with Crippen LogP contribution in [-0.2, 0) is 6.42 Å². The van der Waals surface area contributed by atoms with Crippen molar-refractivity contribution >= 4 is 27.3 Å². The molecule has 0 bridgehead atoms. The summed E-state index contributed by atoms with van der Waals surface area (Å²) in [4.78, 5) is 0. The first-order valence-electron chi connectivity index (χ1n) is 8.95. The van der Waals surface area contributed by atoms with Gasteiger partial charge in [0.05, 0.1) is 0 Å². The zero-order valence-corrected chi connectivity index (χ0v) is 16.9. The minimum absolute atomic E-state index is 0.947. The number of benzene rings is 2. The van der Waals surface area contributed by atoms with Crippen LogP contribution in [0.1, 0.15) is 44.6 Å². The molecular formula is C21H23BrN2S. The van der Waals surface area contributed by atoms with Gasteiger partial charge >= 0.3 is 0 Å². The molecular weight excluding hydrogens is 392 g/mol. The van der Waals surface area contributed by atoms with Crippen molar-refractivity contribution in [1.82, 2.24) is 10.2 Å². The molecule has 0 unspecified atom stereocenters. The smallest absolute Gasteiger partial charge is 0.138 e. The molecule has 0 radical (unpaired) electrons. The standard InChI is InChI=1S/C21H23BrN2S/c1-2-3-4-5-6-9-16-12-14-17(15-13-16)20-23-24-21(25-20)18-10-7-8-11-19(18)22/h7-8,10-15H,2-6,9H2,1H3. The van der Waals surface area contributed by atoms with Crippen LogP contribution < -0.4 is 0 Å². The van der Waals surface area contributed by atoms with Crippen molar-refractivity contribution in [2.75, 3.05) is 0 Å². The summed E-state index contributed by atoms with van der Waals surface area (Å²) in [6, 6.07) is 16.9. The lowest BCUT2D eigenvalue weighted by atomic mass is 10.0. The Morgan fingerprint density at radius 2 is 1.56 bits per heavy atom. The van der Waals surface area contributed by atoms with Crippen molar-refractivity contribution in [2.24, 2.45) is 0 Å². The minimum atomic E-state index is 0.947. The van der Waals surface area contributed by atoms with E-state index in [0.717, 1.165) is 25.6 Å². The highest BCUT2D eigenvalue weighted by Gasteiger charge is 2.10. The molecule has 1 heterocycles. The predicted molar refractivity (Wildman–Crippen MR) is 111 cm³/mol. The van der Waals surface area contributed by atoms with Crippen LogP contribution in [0.15, 0.2) is 53.0 Å². The number of hydrogen-bond donors (Lipinski definition) is 0. The maximum Gasteiger partial charge on any atom is 0.149 e. The minimum Gasteiger partial charge on any atom is -0.138 e. The maximum atomic E-state index is 4.38. The summed E-state index contributed by atoms with van der Waals surface area (Å²) in [7, 11) is 0. The Morgan fingerprint density at radius 1 is 0.840 bits per heavy atom. The molecule has 130 valence electrons. The molecule has 0 aliphatic rings. The Morgan fingerprint density at radius 3 is 2.32 bits per heavy atom. The molecule has 2 aromatic carbocycles. The third-order valence-corrected chi connectivity index (χ3v) is 6.00. The van der Waals surface area contributed by atoms with E-state index in [2.05, 4.69) is 63.4 Å². The molecule has 0 amide bonds. The van der Waals surface area contributed by atoms with E-state index >= 15 is 0 Å². The van der Waals surface area contributed by atoms with Crippen LogP contribution in [0.25, 0.3) is 21.1 Å². The monoisotopic (exact) mass is 414 g/mol. The summed E-state index contributed by atoms with van der Waals surface area (Å²) < 4.78 is 1.05. The van der Waals surface area contributed by atoms with E-state index < -0.39 is 0 Å². The van der Waals surface area contributed by atoms with Gasteiger partial charge in [-0.2, -0.15) is 0 Å². The van der Waals surface area contributed by atoms with E-state index in [-0.39, 0.29) is 0 Å². The molecule has 3 rings (SSSR count). The Balaban J connectivity index is 1.64. The van der Waals surface area contributed by atoms with E-state index in [1.54, 1.807) is 11.3 Å². The quantitative estimate of drug-likeness (QED) is 0.365. The van der Waals surface area contributed by atoms with Crippen LogP contribution in [0.4, 0.5) is 0 Å². The van der Waals surface area contributed by atoms with Gasteiger partial charge in [-0.25, -0.2) is 0 Å². The molecule has 3 aromatic rings. The molecule has 2 nitrogen and oxygen atoms in total. The second-order valence-corrected chi connectivity index (χ2v) is 8.09. The molecule has 0 saturated heterocycles. The highest BCUT2D eigenvalue weighted by atomic mass is 79.9. The van der Waals surface area contributed by atoms with E-state index in [1.807, 2.05) is 18.2 Å². The highest BCUT2D eigenvalue weighted by molar-refractivity contribution is 9.10. The van der Waals surface area contributed by atoms with Crippen molar-refractivity contribution in [3.63, 3.8) is 0 Å². The number of rotatable bonds is 8. The molecule has 4 heteroatoms. The fraction of sp³-hybridized carbons (Fsp3) is 0.333. The molecule has 0 atom stereocenters. The predicted octanol–water partition coefficient (Wildman–Crippen LogP) is 7.15. The first-order chi connectivity index (χ1) is 12.3. The van der Waals surface area contributed by atoms with Gasteiger partial charge in [0.15, 0.2) is 0 Å². The van der Waals surface area contributed by atoms with Crippen molar-refractivity contribution < 1.29 is 0 Å². The van der Waals surface area contributed by atoms with E-state index in [9.17, 15) is 0 Å². The van der Waals surface area contributed by atoms with Gasteiger partial charge in [-0.15, -0.1) is 10.2 Å². The molecule has 0 saturated carbocycles. The molecule has 0 aliphatic carbocycles. The second kappa shape index (κ2) is 9.25. The lowest BCUT2D eigenvalue weighted by Gasteiger charge is -2.03. The zero-order chi connectivity index (χ0) is 17.5. The van der Waals surface area contributed by atoms with Gasteiger partial charge in [0.2, 0.25) is 0 Å². The van der Waals surface area contributed by atoms with E-state index in [0.29, 0.717) is 0 Å². The van der Waals surface area contributed by atoms with Gasteiger partial charge in [-0.3, -0.25) is 0 Å². The number of hydrogen-bond acceptors (Lipinski definition) is 3. The van der Waals surface area contributed by atoms with Crippen molar-refractivity contribution in [1.29, 1.82) is 0 Å². The number of unbranched alkanes of at least 4 members (excludes halogenated alkanes) is 4. The van der Waals surface area contributed by atoms with Crippen molar-refractivity contribution in [3.8, 4) is 21.1 Å². The summed E-state index contributed by atoms with van der Waals surface area (Å²) in [5.74, 6) is 0. The molecule has 0 aliphatic heterocycles. The third-order valence-electron chi connectivity index (χ3n) is 4.30. The third kappa shape index (κ3) is 4.99. The van der Waals surface area contributed by atoms with Gasteiger partial charge in [0.25, 0.3) is 0 Å². The summed E-state index contributed by atoms with van der Waals surface area (Å²) in [6.07, 6.45) is 7.80. The summed E-state index contributed by atoms with van der Waals surface area (Å²) in [5.41, 5.74) is 3.65. The van der Waals surface area contributed by atoms with Crippen LogP contribution in [0.5, 0.6) is 0 Å². The fourth-order valence-electron chi connectivity index (χ4n) is 2.83. The van der Waals surface area contributed by atoms with E-state index in [4.69, 9.17) is 0 Å². The van der Waals surface area contributed by atoms with Crippen LogP contribution in [0, 0.1) is 0 Å². The largest absolute Gasteiger partial charge is 0.149 e. The number of halogens is 1. The van der Waals surface area contributed by atoms with Crippen LogP contribution in [-0.4, -0.2) is 10.2 Å². The Hall–Kier alpha value is -1.52. The number of aromatic nitrogens is 2. The molecule has 1 aromatic heterocycles. The average Bonchev–Trinajstić information content (AvgIpc) is 3.12. The van der Waals surface area contributed by atoms with Gasteiger partial charge in [-0.05, 0) is 24.5 Å². The zero-order valence-electron chi connectivity index (χ0n) is 14.5. The first-order valence-corrected chi connectivity index (χ1v) is 10.6. The molecule has 0 N–H and O–H groups in total. The summed E-state index contributed by atoms with van der Waals surface area (Å²) >= 11 is 5.22. The average molecular weight is 415 g/mol. The topological polar surface area (TPSA) is 25.8 Å². The summed E-state index contributed by atoms with van der Waals surface area (Å²) in [6.45, 7) is 2.26. The molecule has 25 heavy (non-hydrogen) atoms. The van der Waals surface area contributed by atoms with Crippen molar-refractivity contribution in [3.05, 3.63) is 58.6 Å². The van der Waals surface area contributed by atoms with Crippen molar-refractivity contribution in [2.45, 2.75) is 45.4 Å². The number of nitrogens with zero attached hydrogens (tertiary/aromatic N) is 2. The Labute approximate surface area is 162 Å². The molecule has 0 spiro atoms. The van der Waals surface area contributed by atoms with Gasteiger partial charge < -0.3 is 0 Å². The Kier molecular flexibility index (Phi) is 6.76. The second-order valence-electron chi connectivity index (χ2n) is 6.25. The summed E-state index contributed by atoms with van der Waals surface area (Å²) in [5, 5.41) is 10.7. The fourth-order valence-corrected chi connectivity index (χ4v) is 4.32. The van der Waals surface area contributed by atoms with E-state index in [1.165, 1.54) is 44.1 Å². The SMILES string of the molecule is CCCCCCCc1ccc(-c2nnc(-c3ccccc3Br)s2)cc1. The molecule has 0 fully saturated rings. The van der Waals surface area contributed by atoms with Gasteiger partial charge in [0.1, 0.15) is 10.0 Å². The Bertz CT molecular complexity index is 796.